The van der Waals surface area contributed by atoms with Gasteiger partial charge in [0.25, 0.3) is 0 Å². The minimum absolute atomic E-state index is 0.675. The molecule has 280 valence electrons. The number of aromatic nitrogens is 3. The Bertz CT molecular complexity index is 3230. The Balaban J connectivity index is 1.08. The molecule has 0 N–H and O–H groups in total. The van der Waals surface area contributed by atoms with E-state index in [2.05, 4.69) is 176 Å². The van der Waals surface area contributed by atoms with Gasteiger partial charge in [-0.3, -0.25) is 0 Å². The lowest BCUT2D eigenvalue weighted by molar-refractivity contribution is 0.437. The molecule has 0 radical (unpaired) electrons. The maximum Gasteiger partial charge on any atom is 0.160 e. The van der Waals surface area contributed by atoms with Crippen LogP contribution in [0.4, 0.5) is 0 Å². The average Bonchev–Trinajstić information content (AvgIpc) is 3.62. The van der Waals surface area contributed by atoms with Crippen LogP contribution in [-0.2, 0) is 5.41 Å². The number of hydrogen-bond donors (Lipinski definition) is 0. The molecule has 1 unspecified atom stereocenters. The van der Waals surface area contributed by atoms with Crippen molar-refractivity contribution in [2.45, 2.75) is 5.41 Å². The SMILES string of the molecule is c1ccc(-c2cc(-c3ccccc3)nc(-c3cccc(-c4ccc5c(c4)C4(c6ccccc6O5)c5ccccc5-c5nc(-c6ccccc6)c6ccccc6c54)c3)n2)cc1. The molecule has 0 fully saturated rings. The van der Waals surface area contributed by atoms with Gasteiger partial charge in [-0.1, -0.05) is 182 Å². The van der Waals surface area contributed by atoms with Gasteiger partial charge in [0.2, 0.25) is 0 Å². The van der Waals surface area contributed by atoms with E-state index < -0.39 is 5.41 Å². The van der Waals surface area contributed by atoms with Crippen molar-refractivity contribution in [2.24, 2.45) is 0 Å². The van der Waals surface area contributed by atoms with Gasteiger partial charge in [-0.05, 0) is 52.4 Å². The summed E-state index contributed by atoms with van der Waals surface area (Å²) in [5.74, 6) is 2.36. The molecule has 0 bridgehead atoms. The molecule has 1 aliphatic heterocycles. The number of nitrogens with zero attached hydrogens (tertiary/aromatic N) is 3. The molecule has 1 atom stereocenters. The maximum absolute atomic E-state index is 6.85. The normalized spacial score (nSPS) is 14.5. The lowest BCUT2D eigenvalue weighted by atomic mass is 9.65. The average molecular weight is 766 g/mol. The molecule has 60 heavy (non-hydrogen) atoms. The highest BCUT2D eigenvalue weighted by atomic mass is 16.5. The third-order valence-corrected chi connectivity index (χ3v) is 12.1. The summed E-state index contributed by atoms with van der Waals surface area (Å²) in [4.78, 5) is 15.9. The van der Waals surface area contributed by atoms with E-state index in [1.54, 1.807) is 0 Å². The lowest BCUT2D eigenvalue weighted by Crippen LogP contribution is -2.32. The number of rotatable bonds is 5. The van der Waals surface area contributed by atoms with Crippen molar-refractivity contribution in [3.05, 3.63) is 235 Å². The molecule has 0 amide bonds. The van der Waals surface area contributed by atoms with Crippen LogP contribution >= 0.6 is 0 Å². The Labute approximate surface area is 348 Å². The first-order chi connectivity index (χ1) is 29.7. The molecule has 12 rings (SSSR count). The van der Waals surface area contributed by atoms with Crippen molar-refractivity contribution in [3.63, 3.8) is 0 Å². The summed E-state index contributed by atoms with van der Waals surface area (Å²) < 4.78 is 6.85. The molecular formula is C56H35N3O. The maximum atomic E-state index is 6.85. The highest BCUT2D eigenvalue weighted by Gasteiger charge is 2.53. The van der Waals surface area contributed by atoms with Crippen LogP contribution in [0.25, 0.3) is 78.3 Å². The summed E-state index contributed by atoms with van der Waals surface area (Å²) >= 11 is 0. The molecule has 4 heteroatoms. The Kier molecular flexibility index (Phi) is 7.72. The van der Waals surface area contributed by atoms with E-state index >= 15 is 0 Å². The smallest absolute Gasteiger partial charge is 0.160 e. The summed E-state index contributed by atoms with van der Waals surface area (Å²) in [6, 6.07) is 74.6. The summed E-state index contributed by atoms with van der Waals surface area (Å²) in [7, 11) is 0. The molecule has 4 nitrogen and oxygen atoms in total. The second-order valence-electron chi connectivity index (χ2n) is 15.5. The molecule has 1 aliphatic carbocycles. The van der Waals surface area contributed by atoms with Gasteiger partial charge in [0.15, 0.2) is 5.82 Å². The van der Waals surface area contributed by atoms with Crippen LogP contribution in [0.15, 0.2) is 212 Å². The second kappa shape index (κ2) is 13.6. The summed E-state index contributed by atoms with van der Waals surface area (Å²) in [6.07, 6.45) is 0. The van der Waals surface area contributed by atoms with E-state index in [9.17, 15) is 0 Å². The Hall–Kier alpha value is -7.95. The molecule has 3 heterocycles. The quantitative estimate of drug-likeness (QED) is 0.175. The minimum Gasteiger partial charge on any atom is -0.457 e. The van der Waals surface area contributed by atoms with Crippen LogP contribution in [0.3, 0.4) is 0 Å². The standard InChI is InChI=1S/C56H35N3O/c1-4-17-36(18-5-1)48-35-49(37-19-6-2-7-20-37)58-55(57-48)41-24-16-23-39(33-41)40-31-32-51-47(34-40)56(46-29-14-15-30-50(46)60-51)45-28-13-12-27-44(45)54-52(56)42-25-10-11-26-43(42)53(59-54)38-21-8-3-9-22-38/h1-35H. The van der Waals surface area contributed by atoms with Gasteiger partial charge in [-0.25, -0.2) is 15.0 Å². The summed E-state index contributed by atoms with van der Waals surface area (Å²) in [6.45, 7) is 0. The molecular weight excluding hydrogens is 731 g/mol. The highest BCUT2D eigenvalue weighted by Crippen LogP contribution is 2.63. The number of pyridine rings is 1. The van der Waals surface area contributed by atoms with E-state index in [4.69, 9.17) is 19.7 Å². The number of fused-ring (bicyclic) bond motifs is 11. The van der Waals surface area contributed by atoms with E-state index in [0.29, 0.717) is 5.82 Å². The second-order valence-corrected chi connectivity index (χ2v) is 15.5. The van der Waals surface area contributed by atoms with Crippen LogP contribution in [0.5, 0.6) is 11.5 Å². The van der Waals surface area contributed by atoms with Crippen LogP contribution in [0.2, 0.25) is 0 Å². The fourth-order valence-corrected chi connectivity index (χ4v) is 9.51. The summed E-state index contributed by atoms with van der Waals surface area (Å²) in [5.41, 5.74) is 15.0. The first-order valence-corrected chi connectivity index (χ1v) is 20.4. The Morgan fingerprint density at radius 1 is 0.333 bits per heavy atom. The van der Waals surface area contributed by atoms with Crippen LogP contribution in [0, 0.1) is 0 Å². The topological polar surface area (TPSA) is 47.9 Å². The van der Waals surface area contributed by atoms with Crippen LogP contribution in [-0.4, -0.2) is 15.0 Å². The van der Waals surface area contributed by atoms with Gasteiger partial charge in [0.05, 0.1) is 28.2 Å². The molecule has 2 aliphatic rings. The number of ether oxygens (including phenoxy) is 1. The molecule has 2 aromatic heterocycles. The van der Waals surface area contributed by atoms with Gasteiger partial charge >= 0.3 is 0 Å². The molecule has 0 saturated carbocycles. The van der Waals surface area contributed by atoms with E-state index in [0.717, 1.165) is 89.7 Å². The summed E-state index contributed by atoms with van der Waals surface area (Å²) in [5, 5.41) is 2.30. The lowest BCUT2D eigenvalue weighted by Gasteiger charge is -2.40. The van der Waals surface area contributed by atoms with E-state index in [-0.39, 0.29) is 0 Å². The zero-order chi connectivity index (χ0) is 39.6. The van der Waals surface area contributed by atoms with Gasteiger partial charge in [0, 0.05) is 49.9 Å². The third kappa shape index (κ3) is 5.21. The third-order valence-electron chi connectivity index (χ3n) is 12.1. The fourth-order valence-electron chi connectivity index (χ4n) is 9.51. The predicted octanol–water partition coefficient (Wildman–Crippen LogP) is 13.8. The molecule has 8 aromatic carbocycles. The van der Waals surface area contributed by atoms with Crippen molar-refractivity contribution in [1.29, 1.82) is 0 Å². The molecule has 0 saturated heterocycles. The molecule has 10 aromatic rings. The largest absolute Gasteiger partial charge is 0.457 e. The highest BCUT2D eigenvalue weighted by molar-refractivity contribution is 6.05. The Morgan fingerprint density at radius 2 is 0.883 bits per heavy atom. The predicted molar refractivity (Wildman–Crippen MR) is 242 cm³/mol. The number of benzene rings is 8. The van der Waals surface area contributed by atoms with E-state index in [1.807, 2.05) is 36.4 Å². The van der Waals surface area contributed by atoms with Gasteiger partial charge < -0.3 is 4.74 Å². The van der Waals surface area contributed by atoms with E-state index in [1.165, 1.54) is 16.5 Å². The van der Waals surface area contributed by atoms with Gasteiger partial charge in [0.1, 0.15) is 11.5 Å². The van der Waals surface area contributed by atoms with Crippen molar-refractivity contribution < 1.29 is 4.74 Å². The molecule has 1 spiro atoms. The minimum atomic E-state index is -0.705. The van der Waals surface area contributed by atoms with Crippen molar-refractivity contribution in [2.75, 3.05) is 0 Å². The van der Waals surface area contributed by atoms with Gasteiger partial charge in [-0.15, -0.1) is 0 Å². The first-order valence-electron chi connectivity index (χ1n) is 20.4. The van der Waals surface area contributed by atoms with Crippen molar-refractivity contribution >= 4 is 10.8 Å². The zero-order valence-electron chi connectivity index (χ0n) is 32.5. The number of para-hydroxylation sites is 1. The van der Waals surface area contributed by atoms with Crippen molar-refractivity contribution in [1.82, 2.24) is 15.0 Å². The fraction of sp³-hybridized carbons (Fsp3) is 0.0179. The zero-order valence-corrected chi connectivity index (χ0v) is 32.5. The first kappa shape index (κ1) is 34.1. The Morgan fingerprint density at radius 3 is 1.62 bits per heavy atom. The van der Waals surface area contributed by atoms with Crippen molar-refractivity contribution in [3.8, 4) is 79.0 Å². The monoisotopic (exact) mass is 765 g/mol. The van der Waals surface area contributed by atoms with Gasteiger partial charge in [-0.2, -0.15) is 0 Å². The van der Waals surface area contributed by atoms with Crippen LogP contribution < -0.4 is 4.74 Å². The van der Waals surface area contributed by atoms with Crippen LogP contribution in [0.1, 0.15) is 22.3 Å². The number of hydrogen-bond acceptors (Lipinski definition) is 4.